The van der Waals surface area contributed by atoms with Gasteiger partial charge in [-0.25, -0.2) is 52.5 Å². The lowest BCUT2D eigenvalue weighted by Gasteiger charge is -2.10. The first kappa shape index (κ1) is 31.0. The smallest absolute Gasteiger partial charge is 0.196 e. The van der Waals surface area contributed by atoms with Crippen LogP contribution in [0, 0.1) is 88.7 Å². The maximum Gasteiger partial charge on any atom is 0.196 e. The van der Waals surface area contributed by atoms with Crippen molar-refractivity contribution in [3.63, 3.8) is 0 Å². The SMILES string of the molecule is [C-]#[N+]c1cc2c(cc1[N+]#[C-])=NC(=C(C#N)c1nc(/C(C#N)=C3/N=c4cc(C)c(C#N)cc4=N3)nc(-c3c(F)c(F)c(C#N)c(F)c3F)n1)N=2. The second kappa shape index (κ2) is 11.7. The van der Waals surface area contributed by atoms with Crippen molar-refractivity contribution in [2.75, 3.05) is 0 Å². The largest absolute Gasteiger partial charge is 0.250 e. The van der Waals surface area contributed by atoms with Crippen LogP contribution in [0.2, 0.25) is 0 Å². The summed E-state index contributed by atoms with van der Waals surface area (Å²) >= 11 is 0. The van der Waals surface area contributed by atoms with Gasteiger partial charge in [0.05, 0.1) is 51.8 Å². The van der Waals surface area contributed by atoms with Gasteiger partial charge in [-0.05, 0) is 36.8 Å². The fraction of sp³-hybridized carbons (Fsp3) is 0.0312. The van der Waals surface area contributed by atoms with E-state index in [-0.39, 0.29) is 50.0 Å². The van der Waals surface area contributed by atoms with Gasteiger partial charge in [0, 0.05) is 0 Å². The van der Waals surface area contributed by atoms with Crippen LogP contribution in [0.3, 0.4) is 0 Å². The summed E-state index contributed by atoms with van der Waals surface area (Å²) in [5.41, 5.74) is -3.47. The summed E-state index contributed by atoms with van der Waals surface area (Å²) in [6, 6.07) is 12.0. The minimum atomic E-state index is -2.06. The van der Waals surface area contributed by atoms with E-state index in [1.54, 1.807) is 19.1 Å². The van der Waals surface area contributed by atoms with Crippen molar-refractivity contribution in [3.05, 3.63) is 132 Å². The zero-order valence-electron chi connectivity index (χ0n) is 24.1. The fourth-order valence-electron chi connectivity index (χ4n) is 4.66. The van der Waals surface area contributed by atoms with E-state index in [1.807, 2.05) is 6.07 Å². The van der Waals surface area contributed by atoms with Gasteiger partial charge in [0.25, 0.3) is 0 Å². The van der Waals surface area contributed by atoms with Gasteiger partial charge in [-0.3, -0.25) is 9.69 Å². The Morgan fingerprint density at radius 2 is 1.08 bits per heavy atom. The first-order valence-electron chi connectivity index (χ1n) is 13.2. The molecule has 49 heavy (non-hydrogen) atoms. The number of halogens is 4. The summed E-state index contributed by atoms with van der Waals surface area (Å²) in [4.78, 5) is 35.3. The van der Waals surface area contributed by atoms with E-state index in [4.69, 9.17) is 18.4 Å². The number of nitriles is 4. The van der Waals surface area contributed by atoms with Gasteiger partial charge >= 0.3 is 0 Å². The maximum atomic E-state index is 15.3. The molecule has 0 radical (unpaired) electrons. The van der Waals surface area contributed by atoms with Crippen LogP contribution in [-0.2, 0) is 0 Å². The lowest BCUT2D eigenvalue weighted by atomic mass is 10.1. The summed E-state index contributed by atoms with van der Waals surface area (Å²) in [7, 11) is 0. The van der Waals surface area contributed by atoms with Crippen LogP contribution >= 0.6 is 0 Å². The van der Waals surface area contributed by atoms with Crippen molar-refractivity contribution in [2.24, 2.45) is 20.0 Å². The number of benzene rings is 3. The van der Waals surface area contributed by atoms with Crippen LogP contribution in [0.15, 0.2) is 55.9 Å². The molecule has 0 saturated heterocycles. The highest BCUT2D eigenvalue weighted by Crippen LogP contribution is 2.32. The molecule has 2 aliphatic rings. The van der Waals surface area contributed by atoms with Crippen LogP contribution in [0.1, 0.15) is 28.3 Å². The monoisotopic (exact) mass is 649 g/mol. The molecule has 0 N–H and O–H groups in total. The number of nitrogens with zero attached hydrogens (tertiary/aromatic N) is 13. The standard InChI is InChI=1S/C32H7F4N13/c1-12-4-19-20(5-13(12)8-37)44-28(43-19)15(10-39)30-47-31(49-32(48-30)23-26(35)24(33)14(9-38)25(34)27(23)36)16(11-40)29-45-21-6-17(41-2)18(42-3)7-22(21)46-29/h4-7H,1H3/b28-15-. The molecule has 0 spiro atoms. The number of hydrogen-bond acceptors (Lipinski definition) is 11. The topological polar surface area (TPSA) is 192 Å². The van der Waals surface area contributed by atoms with Crippen LogP contribution in [0.25, 0.3) is 32.2 Å². The number of aryl methyl sites for hydroxylation is 1. The molecular formula is C32H7F4N13. The lowest BCUT2D eigenvalue weighted by molar-refractivity contribution is 0.453. The van der Waals surface area contributed by atoms with Crippen molar-refractivity contribution in [1.82, 2.24) is 15.0 Å². The highest BCUT2D eigenvalue weighted by Gasteiger charge is 2.30. The average molecular weight is 649 g/mol. The van der Waals surface area contributed by atoms with Gasteiger partial charge < -0.3 is 0 Å². The van der Waals surface area contributed by atoms with Gasteiger partial charge in [0.2, 0.25) is 0 Å². The number of rotatable bonds is 3. The summed E-state index contributed by atoms with van der Waals surface area (Å²) in [6.07, 6.45) is 0. The number of fused-ring (bicyclic) bond motifs is 2. The Balaban J connectivity index is 1.68. The van der Waals surface area contributed by atoms with E-state index in [1.165, 1.54) is 24.3 Å². The molecule has 17 heteroatoms. The van der Waals surface area contributed by atoms with Gasteiger partial charge in [0.15, 0.2) is 63.8 Å². The van der Waals surface area contributed by atoms with Gasteiger partial charge in [-0.15, -0.1) is 0 Å². The number of hydrogen-bond donors (Lipinski definition) is 0. The molecule has 0 bridgehead atoms. The van der Waals surface area contributed by atoms with Crippen LogP contribution in [0.4, 0.5) is 28.9 Å². The molecule has 1 aromatic heterocycles. The van der Waals surface area contributed by atoms with Crippen molar-refractivity contribution >= 4 is 22.5 Å². The predicted octanol–water partition coefficient (Wildman–Crippen LogP) is 3.54. The highest BCUT2D eigenvalue weighted by molar-refractivity contribution is 5.80. The third-order valence-corrected chi connectivity index (χ3v) is 7.01. The third-order valence-electron chi connectivity index (χ3n) is 7.01. The van der Waals surface area contributed by atoms with E-state index in [0.717, 1.165) is 6.07 Å². The Kier molecular flexibility index (Phi) is 7.43. The normalized spacial score (nSPS) is 12.9. The van der Waals surface area contributed by atoms with Crippen LogP contribution in [0.5, 0.6) is 0 Å². The molecule has 2 aliphatic heterocycles. The minimum Gasteiger partial charge on any atom is -0.250 e. The van der Waals surface area contributed by atoms with Crippen molar-refractivity contribution < 1.29 is 17.6 Å². The third kappa shape index (κ3) is 4.95. The minimum absolute atomic E-state index is 0.0551. The zero-order chi connectivity index (χ0) is 35.1. The Labute approximate surface area is 270 Å². The molecule has 0 aliphatic carbocycles. The summed E-state index contributed by atoms with van der Waals surface area (Å²) < 4.78 is 60.0. The lowest BCUT2D eigenvalue weighted by Crippen LogP contribution is -2.22. The van der Waals surface area contributed by atoms with Gasteiger partial charge in [-0.1, -0.05) is 0 Å². The Hall–Kier alpha value is -7.99. The Morgan fingerprint density at radius 3 is 1.49 bits per heavy atom. The van der Waals surface area contributed by atoms with E-state index in [0.29, 0.717) is 5.56 Å². The molecule has 4 aromatic rings. The molecule has 3 aromatic carbocycles. The molecule has 228 valence electrons. The number of allylic oxidation sites excluding steroid dienone is 2. The van der Waals surface area contributed by atoms with Crippen molar-refractivity contribution in [2.45, 2.75) is 6.92 Å². The van der Waals surface area contributed by atoms with Gasteiger partial charge in [-0.2, -0.15) is 21.0 Å². The molecule has 0 atom stereocenters. The fourth-order valence-corrected chi connectivity index (χ4v) is 4.66. The van der Waals surface area contributed by atoms with Crippen molar-refractivity contribution in [1.29, 1.82) is 21.0 Å². The summed E-state index contributed by atoms with van der Waals surface area (Å²) in [5, 5.41) is 39.4. The van der Waals surface area contributed by atoms with E-state index < -0.39 is 63.0 Å². The molecule has 0 saturated carbocycles. The quantitative estimate of drug-likeness (QED) is 0.140. The second-order valence-electron chi connectivity index (χ2n) is 9.81. The maximum absolute atomic E-state index is 15.3. The first-order valence-corrected chi connectivity index (χ1v) is 13.2. The molecule has 3 heterocycles. The summed E-state index contributed by atoms with van der Waals surface area (Å²) in [5.74, 6) is -11.4. The molecular weight excluding hydrogens is 642 g/mol. The molecule has 6 rings (SSSR count). The average Bonchev–Trinajstić information content (AvgIpc) is 3.70. The Morgan fingerprint density at radius 1 is 0.633 bits per heavy atom. The molecule has 13 nitrogen and oxygen atoms in total. The predicted molar refractivity (Wildman–Crippen MR) is 154 cm³/mol. The van der Waals surface area contributed by atoms with E-state index in [9.17, 15) is 24.6 Å². The zero-order valence-corrected chi connectivity index (χ0v) is 24.1. The molecule has 0 fully saturated rings. The van der Waals surface area contributed by atoms with Crippen LogP contribution in [-0.4, -0.2) is 15.0 Å². The summed E-state index contributed by atoms with van der Waals surface area (Å²) in [6.45, 7) is 16.2. The van der Waals surface area contributed by atoms with E-state index in [2.05, 4.69) is 44.6 Å². The molecule has 0 amide bonds. The second-order valence-corrected chi connectivity index (χ2v) is 9.81. The highest BCUT2D eigenvalue weighted by atomic mass is 19.2. The molecule has 0 unspecified atom stereocenters. The van der Waals surface area contributed by atoms with Crippen LogP contribution < -0.4 is 21.4 Å². The van der Waals surface area contributed by atoms with E-state index >= 15 is 8.78 Å². The number of aromatic nitrogens is 3. The van der Waals surface area contributed by atoms with Crippen molar-refractivity contribution in [3.8, 4) is 35.7 Å². The van der Waals surface area contributed by atoms with Gasteiger partial charge in [0.1, 0.15) is 34.9 Å². The Bertz CT molecular complexity index is 2770. The first-order chi connectivity index (χ1) is 23.6.